The Hall–Kier alpha value is -3.63. The molecule has 0 fully saturated rings. The monoisotopic (exact) mass is 517 g/mol. The molecule has 0 radical (unpaired) electrons. The van der Waals surface area contributed by atoms with Crippen LogP contribution in [0.4, 0.5) is 18.9 Å². The molecule has 35 heavy (non-hydrogen) atoms. The van der Waals surface area contributed by atoms with Gasteiger partial charge in [0.1, 0.15) is 11.5 Å². The van der Waals surface area contributed by atoms with Gasteiger partial charge < -0.3 is 19.3 Å². The summed E-state index contributed by atoms with van der Waals surface area (Å²) in [6, 6.07) is 22.1. The summed E-state index contributed by atoms with van der Waals surface area (Å²) in [6.07, 6.45) is -4.71. The molecule has 0 saturated carbocycles. The third-order valence-corrected chi connectivity index (χ3v) is 6.97. The van der Waals surface area contributed by atoms with Crippen LogP contribution in [0.15, 0.2) is 83.1 Å². The van der Waals surface area contributed by atoms with Crippen molar-refractivity contribution in [2.24, 2.45) is 0 Å². The first-order chi connectivity index (χ1) is 16.7. The molecule has 3 aromatic carbocycles. The summed E-state index contributed by atoms with van der Waals surface area (Å²) >= 11 is 2.97. The van der Waals surface area contributed by atoms with E-state index < -0.39 is 12.3 Å². The lowest BCUT2D eigenvalue weighted by atomic mass is 10.0. The molecule has 10 heteroatoms. The van der Waals surface area contributed by atoms with Crippen LogP contribution < -0.4 is 14.2 Å². The van der Waals surface area contributed by atoms with Gasteiger partial charge in [-0.05, 0) is 71.1 Å². The Morgan fingerprint density at radius 2 is 1.54 bits per heavy atom. The molecule has 0 unspecified atom stereocenters. The Balaban J connectivity index is 1.41. The number of rotatable bonds is 8. The second-order valence-corrected chi connectivity index (χ2v) is 9.38. The van der Waals surface area contributed by atoms with Gasteiger partial charge in [-0.1, -0.05) is 36.4 Å². The van der Waals surface area contributed by atoms with Crippen LogP contribution >= 0.6 is 23.3 Å². The largest absolute Gasteiger partial charge is 0.573 e. The van der Waals surface area contributed by atoms with Crippen LogP contribution in [-0.2, 0) is 0 Å². The van der Waals surface area contributed by atoms with E-state index in [2.05, 4.69) is 9.46 Å². The Kier molecular flexibility index (Phi) is 7.23. The highest BCUT2D eigenvalue weighted by molar-refractivity contribution is 8.02. The zero-order valence-electron chi connectivity index (χ0n) is 18.1. The molecule has 0 aliphatic carbocycles. The van der Waals surface area contributed by atoms with Crippen LogP contribution in [0.3, 0.4) is 0 Å². The molecule has 2 N–H and O–H groups in total. The second kappa shape index (κ2) is 10.3. The molecule has 0 aliphatic heterocycles. The van der Waals surface area contributed by atoms with E-state index in [4.69, 9.17) is 9.84 Å². The summed E-state index contributed by atoms with van der Waals surface area (Å²) in [5.41, 5.74) is 3.46. The number of benzene rings is 3. The lowest BCUT2D eigenvalue weighted by molar-refractivity contribution is -0.274. The van der Waals surface area contributed by atoms with Gasteiger partial charge in [-0.15, -0.1) is 24.5 Å². The maximum Gasteiger partial charge on any atom is 0.573 e. The van der Waals surface area contributed by atoms with Gasteiger partial charge in [0, 0.05) is 4.88 Å². The fraction of sp³-hybridized carbons (Fsp3) is 0.0800. The molecule has 180 valence electrons. The number of thiophene rings is 1. The highest BCUT2D eigenvalue weighted by atomic mass is 32.2. The third kappa shape index (κ3) is 6.28. The van der Waals surface area contributed by atoms with Crippen LogP contribution in [-0.4, -0.2) is 24.5 Å². The van der Waals surface area contributed by atoms with E-state index in [-0.39, 0.29) is 11.3 Å². The van der Waals surface area contributed by atoms with Crippen molar-refractivity contribution in [3.8, 4) is 33.1 Å². The number of hydrogen-bond acceptors (Lipinski definition) is 6. The topological polar surface area (TPSA) is 67.8 Å². The molecule has 4 aromatic rings. The smallest absolute Gasteiger partial charge is 0.495 e. The van der Waals surface area contributed by atoms with Crippen molar-refractivity contribution in [1.82, 2.24) is 0 Å². The van der Waals surface area contributed by atoms with Crippen molar-refractivity contribution in [2.45, 2.75) is 10.6 Å². The fourth-order valence-corrected chi connectivity index (χ4v) is 5.04. The SMILES string of the molecule is COc1cc(C(=O)O)ccc1NSc1ccc(-c2ccc(-c3ccc(OC(F)(F)F)cc3)cc2)s1. The first-order valence-corrected chi connectivity index (χ1v) is 11.8. The van der Waals surface area contributed by atoms with Gasteiger partial charge in [0.25, 0.3) is 0 Å². The standard InChI is InChI=1S/C25H18F3NO4S2/c1-32-21-14-18(24(30)31)8-11-20(21)29-35-23-13-12-22(34-23)17-4-2-15(3-5-17)16-6-9-19(10-7-16)33-25(26,27)28/h2-14,29H,1H3,(H,30,31). The quantitative estimate of drug-likeness (QED) is 0.232. The van der Waals surface area contributed by atoms with Gasteiger partial charge in [0.15, 0.2) is 0 Å². The second-order valence-electron chi connectivity index (χ2n) is 7.19. The van der Waals surface area contributed by atoms with Crippen LogP contribution in [0.5, 0.6) is 11.5 Å². The Morgan fingerprint density at radius 3 is 2.14 bits per heavy atom. The molecule has 0 atom stereocenters. The van der Waals surface area contributed by atoms with Crippen molar-refractivity contribution >= 4 is 34.9 Å². The summed E-state index contributed by atoms with van der Waals surface area (Å²) in [5.74, 6) is -0.850. The number of carboxylic acid groups (broad SMARTS) is 1. The van der Waals surface area contributed by atoms with E-state index in [0.29, 0.717) is 11.4 Å². The summed E-state index contributed by atoms with van der Waals surface area (Å²) in [6.45, 7) is 0. The molecular weight excluding hydrogens is 499 g/mol. The first-order valence-electron chi connectivity index (χ1n) is 10.1. The number of carboxylic acids is 1. The Morgan fingerprint density at radius 1 is 0.914 bits per heavy atom. The van der Waals surface area contributed by atoms with Crippen molar-refractivity contribution in [2.75, 3.05) is 11.8 Å². The minimum Gasteiger partial charge on any atom is -0.495 e. The Bertz CT molecular complexity index is 1320. The van der Waals surface area contributed by atoms with Crippen LogP contribution in [0, 0.1) is 0 Å². The Labute approximate surface area is 207 Å². The number of halogens is 3. The minimum atomic E-state index is -4.71. The highest BCUT2D eigenvalue weighted by Gasteiger charge is 2.30. The minimum absolute atomic E-state index is 0.143. The molecular formula is C25H18F3NO4S2. The van der Waals surface area contributed by atoms with E-state index in [9.17, 15) is 18.0 Å². The summed E-state index contributed by atoms with van der Waals surface area (Å²) in [4.78, 5) is 12.2. The maximum absolute atomic E-state index is 12.3. The van der Waals surface area contributed by atoms with Gasteiger partial charge in [0.05, 0.1) is 22.6 Å². The zero-order chi connectivity index (χ0) is 25.0. The first kappa shape index (κ1) is 24.5. The number of nitrogens with one attached hydrogen (secondary N) is 1. The van der Waals surface area contributed by atoms with Gasteiger partial charge in [-0.25, -0.2) is 4.79 Å². The van der Waals surface area contributed by atoms with Gasteiger partial charge >= 0.3 is 12.3 Å². The molecule has 0 spiro atoms. The van der Waals surface area contributed by atoms with E-state index in [0.717, 1.165) is 25.8 Å². The van der Waals surface area contributed by atoms with Gasteiger partial charge in [-0.3, -0.25) is 0 Å². The lowest BCUT2D eigenvalue weighted by Gasteiger charge is -2.10. The van der Waals surface area contributed by atoms with Crippen LogP contribution in [0.2, 0.25) is 0 Å². The molecule has 1 aromatic heterocycles. The third-order valence-electron chi connectivity index (χ3n) is 4.88. The summed E-state index contributed by atoms with van der Waals surface area (Å²) in [5, 5.41) is 9.12. The van der Waals surface area contributed by atoms with E-state index >= 15 is 0 Å². The fourth-order valence-electron chi connectivity index (χ4n) is 3.22. The van der Waals surface area contributed by atoms with Gasteiger partial charge in [0.2, 0.25) is 0 Å². The van der Waals surface area contributed by atoms with Crippen molar-refractivity contribution in [3.05, 3.63) is 84.4 Å². The number of alkyl halides is 3. The van der Waals surface area contributed by atoms with E-state index in [1.165, 1.54) is 43.3 Å². The average molecular weight is 518 g/mol. The van der Waals surface area contributed by atoms with Crippen molar-refractivity contribution < 1.29 is 32.5 Å². The normalized spacial score (nSPS) is 11.2. The number of aromatic carboxylic acids is 1. The highest BCUT2D eigenvalue weighted by Crippen LogP contribution is 2.37. The molecule has 1 heterocycles. The summed E-state index contributed by atoms with van der Waals surface area (Å²) in [7, 11) is 1.48. The van der Waals surface area contributed by atoms with Crippen LogP contribution in [0.25, 0.3) is 21.6 Å². The lowest BCUT2D eigenvalue weighted by Crippen LogP contribution is -2.16. The zero-order valence-corrected chi connectivity index (χ0v) is 19.8. The molecule has 0 amide bonds. The molecule has 0 saturated heterocycles. The average Bonchev–Trinajstić information content (AvgIpc) is 3.31. The predicted molar refractivity (Wildman–Crippen MR) is 131 cm³/mol. The molecule has 4 rings (SSSR count). The summed E-state index contributed by atoms with van der Waals surface area (Å²) < 4.78 is 50.4. The number of anilines is 1. The van der Waals surface area contributed by atoms with E-state index in [1.807, 2.05) is 36.4 Å². The van der Waals surface area contributed by atoms with Crippen LogP contribution in [0.1, 0.15) is 10.4 Å². The van der Waals surface area contributed by atoms with Crippen molar-refractivity contribution in [3.63, 3.8) is 0 Å². The van der Waals surface area contributed by atoms with E-state index in [1.54, 1.807) is 29.5 Å². The molecule has 5 nitrogen and oxygen atoms in total. The molecule has 0 aliphatic rings. The number of ether oxygens (including phenoxy) is 2. The number of hydrogen-bond donors (Lipinski definition) is 2. The van der Waals surface area contributed by atoms with Gasteiger partial charge in [-0.2, -0.15) is 0 Å². The number of methoxy groups -OCH3 is 1. The number of carbonyl (C=O) groups is 1. The maximum atomic E-state index is 12.3. The molecule has 0 bridgehead atoms. The predicted octanol–water partition coefficient (Wildman–Crippen LogP) is 7.81. The van der Waals surface area contributed by atoms with Crippen molar-refractivity contribution in [1.29, 1.82) is 0 Å².